The quantitative estimate of drug-likeness (QED) is 0.479. The summed E-state index contributed by atoms with van der Waals surface area (Å²) in [7, 11) is 3.14. The molecular weight excluding hydrogens is 234 g/mol. The van der Waals surface area contributed by atoms with E-state index < -0.39 is 5.76 Å². The summed E-state index contributed by atoms with van der Waals surface area (Å²) in [4.78, 5) is 23.1. The Labute approximate surface area is 104 Å². The number of amides is 1. The van der Waals surface area contributed by atoms with Crippen molar-refractivity contribution in [2.45, 2.75) is 12.8 Å². The Bertz CT molecular complexity index is 654. The van der Waals surface area contributed by atoms with Gasteiger partial charge in [-0.3, -0.25) is 14.4 Å². The van der Waals surface area contributed by atoms with Crippen molar-refractivity contribution in [1.82, 2.24) is 9.58 Å². The Morgan fingerprint density at radius 3 is 2.78 bits per heavy atom. The van der Waals surface area contributed by atoms with E-state index >= 15 is 0 Å². The molecule has 0 radical (unpaired) electrons. The summed E-state index contributed by atoms with van der Waals surface area (Å²) in [6.45, 7) is 1.76. The molecule has 0 bridgehead atoms. The molecule has 0 fully saturated rings. The van der Waals surface area contributed by atoms with E-state index in [1.807, 2.05) is 0 Å². The lowest BCUT2D eigenvalue weighted by Gasteiger charge is -2.16. The van der Waals surface area contributed by atoms with E-state index in [-0.39, 0.29) is 11.8 Å². The first kappa shape index (κ1) is 12.4. The van der Waals surface area contributed by atoms with Gasteiger partial charge in [-0.2, -0.15) is 0 Å². The molecular formula is C12H15N3O3. The maximum absolute atomic E-state index is 11.8. The van der Waals surface area contributed by atoms with Gasteiger partial charge in [0.1, 0.15) is 0 Å². The van der Waals surface area contributed by atoms with E-state index in [4.69, 9.17) is 10.3 Å². The maximum atomic E-state index is 11.8. The number of hydrogen-bond acceptors (Lipinski definition) is 4. The van der Waals surface area contributed by atoms with Crippen LogP contribution in [0, 0.1) is 0 Å². The van der Waals surface area contributed by atoms with Crippen molar-refractivity contribution < 1.29 is 9.21 Å². The number of likely N-dealkylation sites (N-methyl/N-ethyl adjacent to an activating group) is 1. The fourth-order valence-electron chi connectivity index (χ4n) is 1.87. The molecule has 1 aromatic heterocycles. The van der Waals surface area contributed by atoms with Crippen molar-refractivity contribution in [3.8, 4) is 0 Å². The Morgan fingerprint density at radius 1 is 1.50 bits per heavy atom. The van der Waals surface area contributed by atoms with Crippen LogP contribution < -0.4 is 11.6 Å². The summed E-state index contributed by atoms with van der Waals surface area (Å²) in [5.74, 6) is 4.42. The Morgan fingerprint density at radius 2 is 2.17 bits per heavy atom. The van der Waals surface area contributed by atoms with Gasteiger partial charge in [-0.1, -0.05) is 6.07 Å². The molecule has 0 aliphatic heterocycles. The topological polar surface area (TPSA) is 81.5 Å². The van der Waals surface area contributed by atoms with Gasteiger partial charge in [0.2, 0.25) is 5.91 Å². The van der Waals surface area contributed by atoms with Crippen LogP contribution in [0.4, 0.5) is 0 Å². The smallest absolute Gasteiger partial charge is 0.408 e. The normalized spacial score (nSPS) is 12.7. The minimum absolute atomic E-state index is 0.201. The molecule has 6 nitrogen and oxygen atoms in total. The van der Waals surface area contributed by atoms with Crippen molar-refractivity contribution in [3.63, 3.8) is 0 Å². The molecule has 2 N–H and O–H groups in total. The van der Waals surface area contributed by atoms with E-state index in [1.165, 1.54) is 11.6 Å². The largest absolute Gasteiger partial charge is 0.419 e. The van der Waals surface area contributed by atoms with Gasteiger partial charge in [0.15, 0.2) is 5.58 Å². The van der Waals surface area contributed by atoms with Crippen LogP contribution >= 0.6 is 0 Å². The van der Waals surface area contributed by atoms with Crippen LogP contribution in [0.25, 0.3) is 11.1 Å². The third-order valence-corrected chi connectivity index (χ3v) is 3.03. The maximum Gasteiger partial charge on any atom is 0.419 e. The number of benzene rings is 1. The van der Waals surface area contributed by atoms with E-state index in [1.54, 1.807) is 32.2 Å². The lowest BCUT2D eigenvalue weighted by atomic mass is 10.00. The first-order chi connectivity index (χ1) is 8.41. The molecule has 0 aliphatic rings. The molecule has 18 heavy (non-hydrogen) atoms. The standard InChI is InChI=1S/C12H15N3O3/c1-7(11(16)15(3)13)8-4-5-9-10(6-8)18-12(17)14(9)2/h4-7H,13H2,1-3H3. The highest BCUT2D eigenvalue weighted by atomic mass is 16.4. The fraction of sp³-hybridized carbons (Fsp3) is 0.333. The summed E-state index contributed by atoms with van der Waals surface area (Å²) < 4.78 is 6.50. The molecule has 1 aromatic carbocycles. The second-order valence-corrected chi connectivity index (χ2v) is 4.32. The molecule has 2 aromatic rings. The number of nitrogens with zero attached hydrogens (tertiary/aromatic N) is 2. The van der Waals surface area contributed by atoms with Crippen LogP contribution in [0.15, 0.2) is 27.4 Å². The molecule has 2 rings (SSSR count). The van der Waals surface area contributed by atoms with Crippen LogP contribution in [0.1, 0.15) is 18.4 Å². The molecule has 0 saturated heterocycles. The van der Waals surface area contributed by atoms with Gasteiger partial charge in [-0.15, -0.1) is 0 Å². The number of rotatable bonds is 2. The molecule has 0 aliphatic carbocycles. The van der Waals surface area contributed by atoms with Gasteiger partial charge in [0, 0.05) is 14.1 Å². The minimum Gasteiger partial charge on any atom is -0.408 e. The molecule has 1 heterocycles. The summed E-state index contributed by atoms with van der Waals surface area (Å²) in [5.41, 5.74) is 1.93. The number of fused-ring (bicyclic) bond motifs is 1. The van der Waals surface area contributed by atoms with Gasteiger partial charge in [-0.25, -0.2) is 10.6 Å². The van der Waals surface area contributed by atoms with Crippen LogP contribution in [-0.2, 0) is 11.8 Å². The number of hydrazine groups is 1. The zero-order valence-electron chi connectivity index (χ0n) is 10.5. The number of oxazole rings is 1. The predicted octanol–water partition coefficient (Wildman–Crippen LogP) is 0.567. The SMILES string of the molecule is CC(C(=O)N(C)N)c1ccc2c(c1)oc(=O)n2C. The lowest BCUT2D eigenvalue weighted by molar-refractivity contribution is -0.131. The monoisotopic (exact) mass is 249 g/mol. The van der Waals surface area contributed by atoms with Crippen LogP contribution in [-0.4, -0.2) is 22.5 Å². The Hall–Kier alpha value is -2.08. The first-order valence-electron chi connectivity index (χ1n) is 5.53. The highest BCUT2D eigenvalue weighted by Crippen LogP contribution is 2.21. The number of aromatic nitrogens is 1. The number of carbonyl (C=O) groups is 1. The third kappa shape index (κ3) is 1.91. The summed E-state index contributed by atoms with van der Waals surface area (Å²) in [6.07, 6.45) is 0. The molecule has 1 atom stereocenters. The lowest BCUT2D eigenvalue weighted by Crippen LogP contribution is -2.36. The van der Waals surface area contributed by atoms with E-state index in [2.05, 4.69) is 0 Å². The highest BCUT2D eigenvalue weighted by Gasteiger charge is 2.18. The second kappa shape index (κ2) is 4.30. The molecule has 0 spiro atoms. The zero-order chi connectivity index (χ0) is 13.4. The van der Waals surface area contributed by atoms with Crippen molar-refractivity contribution in [3.05, 3.63) is 34.3 Å². The number of carbonyl (C=O) groups excluding carboxylic acids is 1. The summed E-state index contributed by atoms with van der Waals surface area (Å²) in [5, 5.41) is 1.05. The van der Waals surface area contributed by atoms with Crippen molar-refractivity contribution in [2.24, 2.45) is 12.9 Å². The van der Waals surface area contributed by atoms with Crippen LogP contribution in [0.5, 0.6) is 0 Å². The Balaban J connectivity index is 2.48. The van der Waals surface area contributed by atoms with Crippen LogP contribution in [0.2, 0.25) is 0 Å². The average Bonchev–Trinajstić information content (AvgIpc) is 2.62. The van der Waals surface area contributed by atoms with Crippen LogP contribution in [0.3, 0.4) is 0 Å². The van der Waals surface area contributed by atoms with Gasteiger partial charge >= 0.3 is 5.76 Å². The third-order valence-electron chi connectivity index (χ3n) is 3.03. The second-order valence-electron chi connectivity index (χ2n) is 4.32. The van der Waals surface area contributed by atoms with E-state index in [0.29, 0.717) is 11.1 Å². The van der Waals surface area contributed by atoms with Gasteiger partial charge < -0.3 is 4.42 Å². The molecule has 6 heteroatoms. The van der Waals surface area contributed by atoms with Gasteiger partial charge in [-0.05, 0) is 24.6 Å². The summed E-state index contributed by atoms with van der Waals surface area (Å²) in [6, 6.07) is 5.25. The van der Waals surface area contributed by atoms with Gasteiger partial charge in [0.25, 0.3) is 0 Å². The average molecular weight is 249 g/mol. The van der Waals surface area contributed by atoms with E-state index in [9.17, 15) is 9.59 Å². The number of nitrogens with two attached hydrogens (primary N) is 1. The molecule has 1 amide bonds. The zero-order valence-corrected chi connectivity index (χ0v) is 10.5. The Kier molecular flexibility index (Phi) is 2.96. The number of hydrogen-bond donors (Lipinski definition) is 1. The predicted molar refractivity (Wildman–Crippen MR) is 66.8 cm³/mol. The molecule has 0 saturated carbocycles. The first-order valence-corrected chi connectivity index (χ1v) is 5.53. The summed E-state index contributed by atoms with van der Waals surface area (Å²) >= 11 is 0. The van der Waals surface area contributed by atoms with Crippen molar-refractivity contribution in [2.75, 3.05) is 7.05 Å². The van der Waals surface area contributed by atoms with Crippen molar-refractivity contribution in [1.29, 1.82) is 0 Å². The van der Waals surface area contributed by atoms with E-state index in [0.717, 1.165) is 10.6 Å². The van der Waals surface area contributed by atoms with Gasteiger partial charge in [0.05, 0.1) is 11.4 Å². The molecule has 96 valence electrons. The molecule has 1 unspecified atom stereocenters. The number of aryl methyl sites for hydroxylation is 1. The highest BCUT2D eigenvalue weighted by molar-refractivity contribution is 5.84. The fourth-order valence-corrected chi connectivity index (χ4v) is 1.87. The minimum atomic E-state index is -0.419. The van der Waals surface area contributed by atoms with Crippen molar-refractivity contribution >= 4 is 17.0 Å².